The monoisotopic (exact) mass is 299 g/mol. The van der Waals surface area contributed by atoms with Gasteiger partial charge in [-0.15, -0.1) is 0 Å². The van der Waals surface area contributed by atoms with Crippen molar-refractivity contribution < 1.29 is 4.74 Å². The fourth-order valence-electron chi connectivity index (χ4n) is 2.06. The molecular formula is C14H22BrNO. The van der Waals surface area contributed by atoms with Crippen LogP contribution in [0.5, 0.6) is 0 Å². The summed E-state index contributed by atoms with van der Waals surface area (Å²) in [6.45, 7) is 7.04. The lowest BCUT2D eigenvalue weighted by Gasteiger charge is -2.27. The van der Waals surface area contributed by atoms with Crippen molar-refractivity contribution in [3.63, 3.8) is 0 Å². The minimum atomic E-state index is 0.0456. The van der Waals surface area contributed by atoms with E-state index in [4.69, 9.17) is 10.5 Å². The molecule has 96 valence electrons. The molecule has 0 amide bonds. The maximum atomic E-state index is 6.25. The van der Waals surface area contributed by atoms with Crippen LogP contribution in [-0.4, -0.2) is 18.8 Å². The summed E-state index contributed by atoms with van der Waals surface area (Å²) < 4.78 is 6.83. The molecule has 0 saturated carbocycles. The molecule has 2 atom stereocenters. The topological polar surface area (TPSA) is 35.2 Å². The van der Waals surface area contributed by atoms with Crippen molar-refractivity contribution in [2.24, 2.45) is 11.7 Å². The average molecular weight is 300 g/mol. The molecule has 0 aliphatic rings. The molecule has 1 aromatic rings. The van der Waals surface area contributed by atoms with Gasteiger partial charge in [-0.25, -0.2) is 0 Å². The van der Waals surface area contributed by atoms with Crippen molar-refractivity contribution in [2.75, 3.05) is 6.61 Å². The fraction of sp³-hybridized carbons (Fsp3) is 0.571. The Morgan fingerprint density at radius 2 is 2.06 bits per heavy atom. The summed E-state index contributed by atoms with van der Waals surface area (Å²) in [5.41, 5.74) is 7.49. The van der Waals surface area contributed by atoms with E-state index in [0.717, 1.165) is 17.5 Å². The third-order valence-electron chi connectivity index (χ3n) is 2.80. The molecule has 2 unspecified atom stereocenters. The first-order valence-corrected chi connectivity index (χ1v) is 6.95. The third-order valence-corrected chi connectivity index (χ3v) is 3.29. The summed E-state index contributed by atoms with van der Waals surface area (Å²) in [4.78, 5) is 0. The molecule has 2 nitrogen and oxygen atoms in total. The molecule has 2 N–H and O–H groups in total. The van der Waals surface area contributed by atoms with Gasteiger partial charge >= 0.3 is 0 Å². The Morgan fingerprint density at radius 1 is 1.35 bits per heavy atom. The molecule has 0 fully saturated rings. The highest BCUT2D eigenvalue weighted by molar-refractivity contribution is 9.10. The van der Waals surface area contributed by atoms with Gasteiger partial charge < -0.3 is 10.5 Å². The van der Waals surface area contributed by atoms with Crippen LogP contribution in [-0.2, 0) is 11.2 Å². The van der Waals surface area contributed by atoms with Crippen LogP contribution in [0.1, 0.15) is 26.3 Å². The Kier molecular flexibility index (Phi) is 6.17. The lowest BCUT2D eigenvalue weighted by atomic mass is 9.94. The molecule has 0 aliphatic carbocycles. The minimum Gasteiger partial charge on any atom is -0.377 e. The highest BCUT2D eigenvalue weighted by atomic mass is 79.9. The maximum absolute atomic E-state index is 6.25. The van der Waals surface area contributed by atoms with Crippen molar-refractivity contribution in [3.8, 4) is 0 Å². The number of ether oxygens (including phenoxy) is 1. The van der Waals surface area contributed by atoms with Gasteiger partial charge in [-0.1, -0.05) is 41.9 Å². The largest absolute Gasteiger partial charge is 0.377 e. The number of hydrogen-bond donors (Lipinski definition) is 1. The average Bonchev–Trinajstić information content (AvgIpc) is 2.25. The molecule has 0 spiro atoms. The Hall–Kier alpha value is -0.380. The van der Waals surface area contributed by atoms with Crippen LogP contribution in [0.15, 0.2) is 28.7 Å². The summed E-state index contributed by atoms with van der Waals surface area (Å²) in [6, 6.07) is 8.33. The molecule has 1 rings (SSSR count). The number of halogens is 1. The zero-order chi connectivity index (χ0) is 12.8. The van der Waals surface area contributed by atoms with Crippen LogP contribution >= 0.6 is 15.9 Å². The number of hydrogen-bond acceptors (Lipinski definition) is 2. The molecule has 0 radical (unpaired) electrons. The minimum absolute atomic E-state index is 0.0456. The summed E-state index contributed by atoms with van der Waals surface area (Å²) in [5.74, 6) is 0.442. The molecular weight excluding hydrogens is 278 g/mol. The molecule has 0 aromatic heterocycles. The Balaban J connectivity index is 2.66. The van der Waals surface area contributed by atoms with E-state index >= 15 is 0 Å². The van der Waals surface area contributed by atoms with Crippen LogP contribution < -0.4 is 5.73 Å². The van der Waals surface area contributed by atoms with Crippen LogP contribution in [0.4, 0.5) is 0 Å². The van der Waals surface area contributed by atoms with Gasteiger partial charge in [-0.05, 0) is 37.0 Å². The third kappa shape index (κ3) is 4.78. The second-order valence-electron chi connectivity index (χ2n) is 4.66. The van der Waals surface area contributed by atoms with Crippen LogP contribution in [0.3, 0.4) is 0 Å². The van der Waals surface area contributed by atoms with Crippen LogP contribution in [0, 0.1) is 5.92 Å². The van der Waals surface area contributed by atoms with Gasteiger partial charge in [0.2, 0.25) is 0 Å². The Bertz CT molecular complexity index is 341. The van der Waals surface area contributed by atoms with Crippen molar-refractivity contribution in [2.45, 2.75) is 39.3 Å². The van der Waals surface area contributed by atoms with Gasteiger partial charge in [0.25, 0.3) is 0 Å². The van der Waals surface area contributed by atoms with Crippen molar-refractivity contribution in [1.82, 2.24) is 0 Å². The molecule has 0 aliphatic heterocycles. The second kappa shape index (κ2) is 7.14. The van der Waals surface area contributed by atoms with E-state index in [1.54, 1.807) is 0 Å². The van der Waals surface area contributed by atoms with Gasteiger partial charge in [-0.2, -0.15) is 0 Å². The van der Waals surface area contributed by atoms with Crippen LogP contribution in [0.2, 0.25) is 0 Å². The standard InChI is InChI=1S/C14H22BrNO/c1-4-17-14(10(2)3)13(16)9-11-6-5-7-12(15)8-11/h5-8,10,13-14H,4,9,16H2,1-3H3. The lowest BCUT2D eigenvalue weighted by Crippen LogP contribution is -2.42. The van der Waals surface area contributed by atoms with Gasteiger partial charge in [0.15, 0.2) is 0 Å². The zero-order valence-electron chi connectivity index (χ0n) is 10.8. The van der Waals surface area contributed by atoms with Gasteiger partial charge in [0, 0.05) is 17.1 Å². The predicted octanol–water partition coefficient (Wildman–Crippen LogP) is 3.38. The van der Waals surface area contributed by atoms with Crippen molar-refractivity contribution >= 4 is 15.9 Å². The number of rotatable bonds is 6. The summed E-state index contributed by atoms with van der Waals surface area (Å²) >= 11 is 3.48. The highest BCUT2D eigenvalue weighted by Gasteiger charge is 2.21. The maximum Gasteiger partial charge on any atom is 0.0751 e. The summed E-state index contributed by atoms with van der Waals surface area (Å²) in [5, 5.41) is 0. The quantitative estimate of drug-likeness (QED) is 0.874. The van der Waals surface area contributed by atoms with E-state index < -0.39 is 0 Å². The first-order chi connectivity index (χ1) is 8.04. The predicted molar refractivity (Wildman–Crippen MR) is 76.1 cm³/mol. The first kappa shape index (κ1) is 14.7. The van der Waals surface area contributed by atoms with E-state index in [0.29, 0.717) is 5.92 Å². The Labute approximate surface area is 113 Å². The summed E-state index contributed by atoms with van der Waals surface area (Å²) in [7, 11) is 0. The number of nitrogens with two attached hydrogens (primary N) is 1. The van der Waals surface area contributed by atoms with E-state index in [9.17, 15) is 0 Å². The van der Waals surface area contributed by atoms with E-state index in [-0.39, 0.29) is 12.1 Å². The highest BCUT2D eigenvalue weighted by Crippen LogP contribution is 2.17. The van der Waals surface area contributed by atoms with E-state index in [1.165, 1.54) is 5.56 Å². The number of benzene rings is 1. The van der Waals surface area contributed by atoms with E-state index in [1.807, 2.05) is 19.1 Å². The van der Waals surface area contributed by atoms with Gasteiger partial charge in [-0.3, -0.25) is 0 Å². The Morgan fingerprint density at radius 3 is 2.59 bits per heavy atom. The molecule has 1 aromatic carbocycles. The van der Waals surface area contributed by atoms with Gasteiger partial charge in [0.1, 0.15) is 0 Å². The molecule has 3 heteroatoms. The summed E-state index contributed by atoms with van der Waals surface area (Å²) in [6.07, 6.45) is 0.974. The SMILES string of the molecule is CCOC(C(C)C)C(N)Cc1cccc(Br)c1. The lowest BCUT2D eigenvalue weighted by molar-refractivity contribution is 0.0128. The molecule has 17 heavy (non-hydrogen) atoms. The first-order valence-electron chi connectivity index (χ1n) is 6.16. The van der Waals surface area contributed by atoms with Crippen molar-refractivity contribution in [1.29, 1.82) is 0 Å². The molecule has 0 saturated heterocycles. The van der Waals surface area contributed by atoms with Crippen LogP contribution in [0.25, 0.3) is 0 Å². The second-order valence-corrected chi connectivity index (χ2v) is 5.58. The molecule has 0 bridgehead atoms. The van der Waals surface area contributed by atoms with Gasteiger partial charge in [0.05, 0.1) is 6.10 Å². The fourth-order valence-corrected chi connectivity index (χ4v) is 2.50. The zero-order valence-corrected chi connectivity index (χ0v) is 12.4. The normalized spacial score (nSPS) is 14.9. The van der Waals surface area contributed by atoms with Crippen molar-refractivity contribution in [3.05, 3.63) is 34.3 Å². The molecule has 0 heterocycles. The van der Waals surface area contributed by atoms with E-state index in [2.05, 4.69) is 41.9 Å². The smallest absolute Gasteiger partial charge is 0.0751 e.